The lowest BCUT2D eigenvalue weighted by Gasteiger charge is -2.07. The Morgan fingerprint density at radius 1 is 1.18 bits per heavy atom. The SMILES string of the molecule is CCOc1ccccc1C(=O)c1ncccn1. The van der Waals surface area contributed by atoms with Gasteiger partial charge in [-0.2, -0.15) is 0 Å². The van der Waals surface area contributed by atoms with E-state index in [1.807, 2.05) is 13.0 Å². The van der Waals surface area contributed by atoms with Gasteiger partial charge in [-0.05, 0) is 25.1 Å². The number of nitrogens with zero attached hydrogens (tertiary/aromatic N) is 2. The average molecular weight is 228 g/mol. The van der Waals surface area contributed by atoms with Gasteiger partial charge >= 0.3 is 0 Å². The van der Waals surface area contributed by atoms with Crippen LogP contribution in [0.2, 0.25) is 0 Å². The molecule has 1 aromatic heterocycles. The largest absolute Gasteiger partial charge is 0.493 e. The van der Waals surface area contributed by atoms with Crippen molar-refractivity contribution in [1.29, 1.82) is 0 Å². The molecule has 0 amide bonds. The highest BCUT2D eigenvalue weighted by atomic mass is 16.5. The summed E-state index contributed by atoms with van der Waals surface area (Å²) in [6.45, 7) is 2.39. The Balaban J connectivity index is 2.37. The van der Waals surface area contributed by atoms with E-state index in [4.69, 9.17) is 4.74 Å². The van der Waals surface area contributed by atoms with Gasteiger partial charge < -0.3 is 4.74 Å². The van der Waals surface area contributed by atoms with Crippen LogP contribution in [0.15, 0.2) is 42.7 Å². The Kier molecular flexibility index (Phi) is 3.45. The zero-order valence-corrected chi connectivity index (χ0v) is 9.46. The van der Waals surface area contributed by atoms with Crippen LogP contribution in [-0.4, -0.2) is 22.4 Å². The summed E-state index contributed by atoms with van der Waals surface area (Å²) in [5.74, 6) is 0.516. The maximum absolute atomic E-state index is 12.1. The second-order valence-corrected chi connectivity index (χ2v) is 3.33. The molecule has 2 aromatic rings. The number of hydrogen-bond donors (Lipinski definition) is 0. The van der Waals surface area contributed by atoms with Gasteiger partial charge in [-0.25, -0.2) is 9.97 Å². The molecule has 17 heavy (non-hydrogen) atoms. The maximum Gasteiger partial charge on any atom is 0.233 e. The van der Waals surface area contributed by atoms with Crippen LogP contribution in [0.1, 0.15) is 23.1 Å². The quantitative estimate of drug-likeness (QED) is 0.752. The van der Waals surface area contributed by atoms with Crippen LogP contribution in [0.4, 0.5) is 0 Å². The van der Waals surface area contributed by atoms with Crippen LogP contribution < -0.4 is 4.74 Å². The molecule has 1 heterocycles. The summed E-state index contributed by atoms with van der Waals surface area (Å²) >= 11 is 0. The number of aromatic nitrogens is 2. The summed E-state index contributed by atoms with van der Waals surface area (Å²) in [5, 5.41) is 0. The van der Waals surface area contributed by atoms with Crippen molar-refractivity contribution in [2.45, 2.75) is 6.92 Å². The summed E-state index contributed by atoms with van der Waals surface area (Å²) < 4.78 is 5.40. The highest BCUT2D eigenvalue weighted by Gasteiger charge is 2.15. The molecule has 0 unspecified atom stereocenters. The van der Waals surface area contributed by atoms with Gasteiger partial charge in [-0.1, -0.05) is 12.1 Å². The zero-order chi connectivity index (χ0) is 12.1. The first kappa shape index (κ1) is 11.3. The minimum atomic E-state index is -0.227. The molecular weight excluding hydrogens is 216 g/mol. The van der Waals surface area contributed by atoms with Gasteiger partial charge in [0.15, 0.2) is 0 Å². The first-order valence-corrected chi connectivity index (χ1v) is 5.36. The molecule has 0 bridgehead atoms. The van der Waals surface area contributed by atoms with E-state index in [1.54, 1.807) is 36.7 Å². The number of rotatable bonds is 4. The van der Waals surface area contributed by atoms with E-state index in [1.165, 1.54) is 0 Å². The lowest BCUT2D eigenvalue weighted by atomic mass is 10.1. The molecule has 0 N–H and O–H groups in total. The van der Waals surface area contributed by atoms with E-state index < -0.39 is 0 Å². The highest BCUT2D eigenvalue weighted by Crippen LogP contribution is 2.19. The summed E-state index contributed by atoms with van der Waals surface area (Å²) in [6, 6.07) is 8.76. The number of para-hydroxylation sites is 1. The van der Waals surface area contributed by atoms with Crippen LogP contribution in [0.3, 0.4) is 0 Å². The fourth-order valence-electron chi connectivity index (χ4n) is 1.47. The van der Waals surface area contributed by atoms with E-state index in [9.17, 15) is 4.79 Å². The highest BCUT2D eigenvalue weighted by molar-refractivity contribution is 6.08. The molecule has 1 aromatic carbocycles. The van der Waals surface area contributed by atoms with Crippen molar-refractivity contribution in [3.63, 3.8) is 0 Å². The maximum atomic E-state index is 12.1. The molecule has 86 valence electrons. The summed E-state index contributed by atoms with van der Waals surface area (Å²) in [6.07, 6.45) is 3.09. The predicted octanol–water partition coefficient (Wildman–Crippen LogP) is 2.11. The smallest absolute Gasteiger partial charge is 0.233 e. The van der Waals surface area contributed by atoms with E-state index in [-0.39, 0.29) is 11.6 Å². The molecule has 2 rings (SSSR count). The Hall–Kier alpha value is -2.23. The number of ketones is 1. The molecule has 0 saturated carbocycles. The van der Waals surface area contributed by atoms with Crippen LogP contribution >= 0.6 is 0 Å². The Bertz CT molecular complexity index is 512. The van der Waals surface area contributed by atoms with Crippen LogP contribution in [-0.2, 0) is 0 Å². The molecule has 0 spiro atoms. The van der Waals surface area contributed by atoms with Crippen molar-refractivity contribution >= 4 is 5.78 Å². The number of carbonyl (C=O) groups excluding carboxylic acids is 1. The summed E-state index contributed by atoms with van der Waals surface area (Å²) in [4.78, 5) is 20.0. The lowest BCUT2D eigenvalue weighted by Crippen LogP contribution is -2.08. The van der Waals surface area contributed by atoms with Crippen molar-refractivity contribution in [1.82, 2.24) is 9.97 Å². The zero-order valence-electron chi connectivity index (χ0n) is 9.46. The third-order valence-electron chi connectivity index (χ3n) is 2.20. The molecular formula is C13H12N2O2. The van der Waals surface area contributed by atoms with Gasteiger partial charge in [0.2, 0.25) is 11.6 Å². The second kappa shape index (κ2) is 5.21. The van der Waals surface area contributed by atoms with Crippen molar-refractivity contribution < 1.29 is 9.53 Å². The van der Waals surface area contributed by atoms with Crippen molar-refractivity contribution in [2.24, 2.45) is 0 Å². The van der Waals surface area contributed by atoms with Gasteiger partial charge in [-0.3, -0.25) is 4.79 Å². The Labute approximate surface area is 99.3 Å². The monoisotopic (exact) mass is 228 g/mol. The summed E-state index contributed by atoms with van der Waals surface area (Å²) in [5.41, 5.74) is 0.487. The molecule has 0 saturated heterocycles. The van der Waals surface area contributed by atoms with Gasteiger partial charge in [0, 0.05) is 12.4 Å². The molecule has 0 aliphatic heterocycles. The van der Waals surface area contributed by atoms with Gasteiger partial charge in [0.1, 0.15) is 5.75 Å². The third kappa shape index (κ3) is 2.47. The molecule has 0 radical (unpaired) electrons. The van der Waals surface area contributed by atoms with Gasteiger partial charge in [0.25, 0.3) is 0 Å². The number of benzene rings is 1. The van der Waals surface area contributed by atoms with E-state index in [0.717, 1.165) is 0 Å². The van der Waals surface area contributed by atoms with E-state index in [0.29, 0.717) is 17.9 Å². The fourth-order valence-corrected chi connectivity index (χ4v) is 1.47. The third-order valence-corrected chi connectivity index (χ3v) is 2.20. The van der Waals surface area contributed by atoms with Crippen LogP contribution in [0.25, 0.3) is 0 Å². The fraction of sp³-hybridized carbons (Fsp3) is 0.154. The molecule has 0 atom stereocenters. The lowest BCUT2D eigenvalue weighted by molar-refractivity contribution is 0.102. The topological polar surface area (TPSA) is 52.1 Å². The number of ether oxygens (including phenoxy) is 1. The summed E-state index contributed by atoms with van der Waals surface area (Å²) in [7, 11) is 0. The van der Waals surface area contributed by atoms with Crippen LogP contribution in [0, 0.1) is 0 Å². The van der Waals surface area contributed by atoms with Crippen LogP contribution in [0.5, 0.6) is 5.75 Å². The molecule has 0 fully saturated rings. The molecule has 0 aliphatic carbocycles. The average Bonchev–Trinajstić information content (AvgIpc) is 2.40. The number of carbonyl (C=O) groups is 1. The number of hydrogen-bond acceptors (Lipinski definition) is 4. The van der Waals surface area contributed by atoms with Crippen molar-refractivity contribution in [3.05, 3.63) is 54.1 Å². The second-order valence-electron chi connectivity index (χ2n) is 3.33. The molecule has 0 aliphatic rings. The van der Waals surface area contributed by atoms with Crippen molar-refractivity contribution in [3.8, 4) is 5.75 Å². The minimum absolute atomic E-state index is 0.180. The Morgan fingerprint density at radius 2 is 1.88 bits per heavy atom. The normalized spacial score (nSPS) is 9.94. The van der Waals surface area contributed by atoms with Crippen molar-refractivity contribution in [2.75, 3.05) is 6.61 Å². The molecule has 4 heteroatoms. The van der Waals surface area contributed by atoms with Gasteiger partial charge in [-0.15, -0.1) is 0 Å². The first-order chi connectivity index (χ1) is 8.33. The predicted molar refractivity (Wildman–Crippen MR) is 63.1 cm³/mol. The molecule has 4 nitrogen and oxygen atoms in total. The first-order valence-electron chi connectivity index (χ1n) is 5.36. The minimum Gasteiger partial charge on any atom is -0.493 e. The van der Waals surface area contributed by atoms with Gasteiger partial charge in [0.05, 0.1) is 12.2 Å². The van der Waals surface area contributed by atoms with E-state index in [2.05, 4.69) is 9.97 Å². The standard InChI is InChI=1S/C13H12N2O2/c1-2-17-11-7-4-3-6-10(11)12(16)13-14-8-5-9-15-13/h3-9H,2H2,1H3. The Morgan fingerprint density at radius 3 is 2.59 bits per heavy atom. The van der Waals surface area contributed by atoms with E-state index >= 15 is 0 Å².